The summed E-state index contributed by atoms with van der Waals surface area (Å²) in [6.45, 7) is 9.46. The zero-order valence-corrected chi connectivity index (χ0v) is 23.5. The van der Waals surface area contributed by atoms with Gasteiger partial charge in [-0.1, -0.05) is 35.9 Å². The summed E-state index contributed by atoms with van der Waals surface area (Å²) >= 11 is 0.922. The van der Waals surface area contributed by atoms with Crippen LogP contribution in [0.25, 0.3) is 6.08 Å². The smallest absolute Gasteiger partial charge is 0.293 e. The number of rotatable bonds is 12. The molecule has 204 valence electrons. The topological polar surface area (TPSA) is 74.3 Å². The lowest BCUT2D eigenvalue weighted by molar-refractivity contribution is -0.123. The van der Waals surface area contributed by atoms with Gasteiger partial charge < -0.3 is 18.9 Å². The summed E-state index contributed by atoms with van der Waals surface area (Å²) in [7, 11) is 0. The fraction of sp³-hybridized carbons (Fsp3) is 0.290. The van der Waals surface area contributed by atoms with Crippen molar-refractivity contribution in [3.05, 3.63) is 87.8 Å². The molecule has 0 saturated carbocycles. The van der Waals surface area contributed by atoms with Crippen molar-refractivity contribution >= 4 is 29.0 Å². The normalized spacial score (nSPS) is 14.2. The minimum absolute atomic E-state index is 0.178. The molecule has 3 aromatic rings. The van der Waals surface area contributed by atoms with Gasteiger partial charge in [-0.3, -0.25) is 14.5 Å². The van der Waals surface area contributed by atoms with E-state index in [9.17, 15) is 9.59 Å². The quantitative estimate of drug-likeness (QED) is 0.187. The Labute approximate surface area is 233 Å². The van der Waals surface area contributed by atoms with Crippen LogP contribution in [0, 0.1) is 20.8 Å². The minimum Gasteiger partial charge on any atom is -0.491 e. The van der Waals surface area contributed by atoms with E-state index >= 15 is 0 Å². The van der Waals surface area contributed by atoms with Crippen molar-refractivity contribution in [1.82, 2.24) is 4.90 Å². The Morgan fingerprint density at radius 2 is 1.46 bits per heavy atom. The van der Waals surface area contributed by atoms with Crippen LogP contribution in [0.1, 0.15) is 29.2 Å². The lowest BCUT2D eigenvalue weighted by Gasteiger charge is -2.15. The molecule has 0 aliphatic carbocycles. The molecule has 1 heterocycles. The molecule has 4 rings (SSSR count). The predicted molar refractivity (Wildman–Crippen MR) is 154 cm³/mol. The molecule has 1 saturated heterocycles. The first-order valence-electron chi connectivity index (χ1n) is 12.9. The van der Waals surface area contributed by atoms with Gasteiger partial charge in [-0.05, 0) is 92.6 Å². The third kappa shape index (κ3) is 7.57. The Morgan fingerprint density at radius 1 is 0.744 bits per heavy atom. The maximum atomic E-state index is 13.0. The molecule has 3 aromatic carbocycles. The molecule has 39 heavy (non-hydrogen) atoms. The third-order valence-corrected chi connectivity index (χ3v) is 6.89. The number of carbonyl (C=O) groups is 2. The first kappa shape index (κ1) is 28.1. The summed E-state index contributed by atoms with van der Waals surface area (Å²) in [5.41, 5.74) is 4.00. The number of imide groups is 1. The van der Waals surface area contributed by atoms with Gasteiger partial charge in [0.1, 0.15) is 31.3 Å². The largest absolute Gasteiger partial charge is 0.491 e. The van der Waals surface area contributed by atoms with Crippen LogP contribution in [0.4, 0.5) is 4.79 Å². The lowest BCUT2D eigenvalue weighted by Crippen LogP contribution is -2.32. The van der Waals surface area contributed by atoms with Crippen LogP contribution in [-0.2, 0) is 4.79 Å². The van der Waals surface area contributed by atoms with Crippen molar-refractivity contribution in [3.8, 4) is 23.0 Å². The fourth-order valence-corrected chi connectivity index (χ4v) is 4.77. The van der Waals surface area contributed by atoms with Crippen LogP contribution in [0.2, 0.25) is 0 Å². The Bertz CT molecular complexity index is 1350. The molecule has 0 atom stereocenters. The maximum absolute atomic E-state index is 13.0. The van der Waals surface area contributed by atoms with E-state index < -0.39 is 0 Å². The van der Waals surface area contributed by atoms with Gasteiger partial charge in [0, 0.05) is 0 Å². The van der Waals surface area contributed by atoms with Gasteiger partial charge in [0.25, 0.3) is 11.1 Å². The summed E-state index contributed by atoms with van der Waals surface area (Å²) < 4.78 is 23.2. The molecule has 7 nitrogen and oxygen atoms in total. The molecule has 8 heteroatoms. The van der Waals surface area contributed by atoms with Crippen molar-refractivity contribution in [2.24, 2.45) is 0 Å². The number of hydrogen-bond acceptors (Lipinski definition) is 7. The second-order valence-corrected chi connectivity index (χ2v) is 10.1. The monoisotopic (exact) mass is 547 g/mol. The zero-order valence-electron chi connectivity index (χ0n) is 22.7. The average molecular weight is 548 g/mol. The average Bonchev–Trinajstić information content (AvgIpc) is 3.18. The number of thioether (sulfide) groups is 1. The van der Waals surface area contributed by atoms with Gasteiger partial charge in [0.05, 0.1) is 18.1 Å². The molecule has 1 fully saturated rings. The molecule has 0 N–H and O–H groups in total. The molecule has 0 unspecified atom stereocenters. The van der Waals surface area contributed by atoms with E-state index in [-0.39, 0.29) is 24.3 Å². The lowest BCUT2D eigenvalue weighted by atomic mass is 10.1. The summed E-state index contributed by atoms with van der Waals surface area (Å²) in [5, 5.41) is -0.311. The van der Waals surface area contributed by atoms with Crippen molar-refractivity contribution in [2.45, 2.75) is 27.7 Å². The second kappa shape index (κ2) is 13.2. The van der Waals surface area contributed by atoms with Crippen molar-refractivity contribution in [3.63, 3.8) is 0 Å². The van der Waals surface area contributed by atoms with Crippen molar-refractivity contribution in [2.75, 3.05) is 33.0 Å². The van der Waals surface area contributed by atoms with E-state index in [0.29, 0.717) is 36.2 Å². The highest BCUT2D eigenvalue weighted by atomic mass is 32.2. The highest BCUT2D eigenvalue weighted by Gasteiger charge is 2.34. The van der Waals surface area contributed by atoms with Crippen LogP contribution in [0.15, 0.2) is 65.6 Å². The third-order valence-electron chi connectivity index (χ3n) is 5.99. The first-order chi connectivity index (χ1) is 18.8. The fourth-order valence-electron chi connectivity index (χ4n) is 3.90. The Hall–Kier alpha value is -3.91. The van der Waals surface area contributed by atoms with Crippen molar-refractivity contribution in [1.29, 1.82) is 0 Å². The Kier molecular flexibility index (Phi) is 9.54. The molecule has 0 radical (unpaired) electrons. The van der Waals surface area contributed by atoms with E-state index in [1.807, 2.05) is 76.2 Å². The molecule has 0 aromatic heterocycles. The highest BCUT2D eigenvalue weighted by molar-refractivity contribution is 8.18. The summed E-state index contributed by atoms with van der Waals surface area (Å²) in [6, 6.07) is 19.2. The van der Waals surface area contributed by atoms with Gasteiger partial charge in [0.15, 0.2) is 11.5 Å². The first-order valence-corrected chi connectivity index (χ1v) is 13.7. The summed E-state index contributed by atoms with van der Waals surface area (Å²) in [5.74, 6) is 2.35. The number of nitrogens with zero attached hydrogens (tertiary/aromatic N) is 1. The molecule has 1 aliphatic heterocycles. The maximum Gasteiger partial charge on any atom is 0.293 e. The number of hydrogen-bond donors (Lipinski definition) is 0. The van der Waals surface area contributed by atoms with Crippen LogP contribution >= 0.6 is 11.8 Å². The highest BCUT2D eigenvalue weighted by Crippen LogP contribution is 2.34. The number of aryl methyl sites for hydroxylation is 3. The number of ether oxygens (including phenoxy) is 4. The van der Waals surface area contributed by atoms with Crippen LogP contribution in [0.3, 0.4) is 0 Å². The summed E-state index contributed by atoms with van der Waals surface area (Å²) in [4.78, 5) is 27.1. The van der Waals surface area contributed by atoms with E-state index in [0.717, 1.165) is 40.0 Å². The molecule has 0 bridgehead atoms. The van der Waals surface area contributed by atoms with Gasteiger partial charge in [-0.15, -0.1) is 0 Å². The van der Waals surface area contributed by atoms with Crippen molar-refractivity contribution < 1.29 is 28.5 Å². The van der Waals surface area contributed by atoms with E-state index in [2.05, 4.69) is 0 Å². The number of carbonyl (C=O) groups excluding carboxylic acids is 2. The van der Waals surface area contributed by atoms with Gasteiger partial charge in [-0.25, -0.2) is 0 Å². The van der Waals surface area contributed by atoms with Gasteiger partial charge in [-0.2, -0.15) is 0 Å². The molecule has 1 aliphatic rings. The zero-order chi connectivity index (χ0) is 27.8. The van der Waals surface area contributed by atoms with Crippen LogP contribution in [-0.4, -0.2) is 49.0 Å². The SMILES string of the molecule is CCOc1cc(/C=C2\SC(=O)N(CCOc3cc(C)ccc3C)C2=O)ccc1OCCOc1ccc(C)cc1. The second-order valence-electron chi connectivity index (χ2n) is 9.10. The molecule has 0 spiro atoms. The van der Waals surface area contributed by atoms with E-state index in [1.165, 1.54) is 10.5 Å². The molecule has 2 amide bonds. The van der Waals surface area contributed by atoms with Crippen LogP contribution < -0.4 is 18.9 Å². The Balaban J connectivity index is 1.35. The molecular weight excluding hydrogens is 514 g/mol. The van der Waals surface area contributed by atoms with Crippen LogP contribution in [0.5, 0.6) is 23.0 Å². The Morgan fingerprint density at radius 3 is 2.23 bits per heavy atom. The standard InChI is InChI=1S/C31H33NO6S/c1-5-35-28-19-24(10-13-26(28)38-17-16-36-25-11-7-21(2)8-12-25)20-29-30(33)32(31(34)39-29)14-15-37-27-18-22(3)6-9-23(27)4/h6-13,18-20H,5,14-17H2,1-4H3/b29-20-. The molecular formula is C31H33NO6S. The van der Waals surface area contributed by atoms with Gasteiger partial charge >= 0.3 is 0 Å². The minimum atomic E-state index is -0.332. The number of amides is 2. The van der Waals surface area contributed by atoms with E-state index in [4.69, 9.17) is 18.9 Å². The number of benzene rings is 3. The summed E-state index contributed by atoms with van der Waals surface area (Å²) in [6.07, 6.45) is 1.70. The van der Waals surface area contributed by atoms with Gasteiger partial charge in [0.2, 0.25) is 0 Å². The predicted octanol–water partition coefficient (Wildman–Crippen LogP) is 6.58. The van der Waals surface area contributed by atoms with E-state index in [1.54, 1.807) is 18.2 Å².